The van der Waals surface area contributed by atoms with Gasteiger partial charge < -0.3 is 18.9 Å². The minimum Gasteiger partial charge on any atom is -0.481 e. The van der Waals surface area contributed by atoms with Crippen LogP contribution in [0.4, 0.5) is 5.95 Å². The average molecular weight is 355 g/mol. The van der Waals surface area contributed by atoms with Crippen molar-refractivity contribution >= 4 is 18.5 Å². The molecule has 1 aliphatic rings. The first-order valence-electron chi connectivity index (χ1n) is 8.75. The van der Waals surface area contributed by atoms with Crippen LogP contribution in [0.2, 0.25) is 0 Å². The van der Waals surface area contributed by atoms with Crippen LogP contribution >= 0.6 is 0 Å². The van der Waals surface area contributed by atoms with Crippen LogP contribution in [-0.4, -0.2) is 42.4 Å². The highest BCUT2D eigenvalue weighted by Gasteiger charge is 2.52. The number of aromatic nitrogens is 2. The van der Waals surface area contributed by atoms with Gasteiger partial charge in [0.1, 0.15) is 0 Å². The maximum absolute atomic E-state index is 6.09. The molecule has 26 heavy (non-hydrogen) atoms. The Kier molecular flexibility index (Phi) is 4.95. The smallest absolute Gasteiger partial charge is 0.481 e. The summed E-state index contributed by atoms with van der Waals surface area (Å²) in [5.41, 5.74) is 1.03. The molecule has 7 heteroatoms. The third-order valence-corrected chi connectivity index (χ3v) is 5.07. The van der Waals surface area contributed by atoms with E-state index in [1.165, 1.54) is 5.56 Å². The first-order chi connectivity index (χ1) is 12.2. The van der Waals surface area contributed by atoms with Gasteiger partial charge >= 0.3 is 7.12 Å². The fraction of sp³-hybridized carbons (Fsp3) is 0.474. The number of benzene rings is 1. The van der Waals surface area contributed by atoms with E-state index in [0.717, 1.165) is 0 Å². The maximum Gasteiger partial charge on any atom is 0.502 e. The Bertz CT molecular complexity index is 752. The van der Waals surface area contributed by atoms with Gasteiger partial charge in [-0.15, -0.1) is 0 Å². The summed E-state index contributed by atoms with van der Waals surface area (Å²) >= 11 is 0. The topological polar surface area (TPSA) is 56.7 Å². The van der Waals surface area contributed by atoms with Crippen molar-refractivity contribution < 1.29 is 14.0 Å². The lowest BCUT2D eigenvalue weighted by Crippen LogP contribution is -2.41. The maximum atomic E-state index is 6.09. The molecule has 6 nitrogen and oxygen atoms in total. The Hall–Kier alpha value is -2.12. The van der Waals surface area contributed by atoms with Crippen molar-refractivity contribution in [3.8, 4) is 5.88 Å². The van der Waals surface area contributed by atoms with Crippen molar-refractivity contribution in [1.82, 2.24) is 9.97 Å². The number of anilines is 1. The predicted molar refractivity (Wildman–Crippen MR) is 103 cm³/mol. The molecule has 1 aromatic carbocycles. The van der Waals surface area contributed by atoms with Crippen molar-refractivity contribution in [2.75, 3.05) is 19.1 Å². The summed E-state index contributed by atoms with van der Waals surface area (Å²) < 4.78 is 17.7. The summed E-state index contributed by atoms with van der Waals surface area (Å²) in [5.74, 6) is 1.05. The summed E-state index contributed by atoms with van der Waals surface area (Å²) in [6, 6.07) is 10.2. The number of methoxy groups -OCH3 is 1. The Labute approximate surface area is 155 Å². The van der Waals surface area contributed by atoms with Crippen molar-refractivity contribution in [3.05, 3.63) is 42.1 Å². The number of nitrogens with zero attached hydrogens (tertiary/aromatic N) is 3. The zero-order chi connectivity index (χ0) is 18.9. The van der Waals surface area contributed by atoms with Gasteiger partial charge in [-0.2, -0.15) is 4.98 Å². The SMILES string of the molecule is COc1nc(N(C)Cc2ccccc2)ncc1B1OC(C)(C)C(C)(C)O1. The molecule has 0 radical (unpaired) electrons. The van der Waals surface area contributed by atoms with E-state index in [4.69, 9.17) is 14.0 Å². The molecular formula is C19H26BN3O3. The molecule has 0 aliphatic carbocycles. The molecule has 3 rings (SSSR count). The zero-order valence-corrected chi connectivity index (χ0v) is 16.3. The minimum absolute atomic E-state index is 0.425. The highest BCUT2D eigenvalue weighted by atomic mass is 16.7. The van der Waals surface area contributed by atoms with E-state index in [2.05, 4.69) is 22.1 Å². The predicted octanol–water partition coefficient (Wildman–Crippen LogP) is 2.42. The molecule has 0 saturated carbocycles. The molecule has 2 heterocycles. The van der Waals surface area contributed by atoms with Gasteiger partial charge in [0.2, 0.25) is 11.8 Å². The zero-order valence-electron chi connectivity index (χ0n) is 16.3. The van der Waals surface area contributed by atoms with E-state index < -0.39 is 18.3 Å². The first kappa shape index (κ1) is 18.7. The van der Waals surface area contributed by atoms with Crippen LogP contribution in [-0.2, 0) is 15.9 Å². The lowest BCUT2D eigenvalue weighted by Gasteiger charge is -2.32. The summed E-state index contributed by atoms with van der Waals surface area (Å²) in [6.07, 6.45) is 1.73. The monoisotopic (exact) mass is 355 g/mol. The summed E-state index contributed by atoms with van der Waals surface area (Å²) in [7, 11) is 3.00. The van der Waals surface area contributed by atoms with Gasteiger partial charge in [-0.1, -0.05) is 30.3 Å². The molecule has 0 amide bonds. The van der Waals surface area contributed by atoms with Gasteiger partial charge in [-0.25, -0.2) is 4.98 Å². The Balaban J connectivity index is 1.82. The van der Waals surface area contributed by atoms with Gasteiger partial charge in [0.25, 0.3) is 0 Å². The summed E-state index contributed by atoms with van der Waals surface area (Å²) in [6.45, 7) is 8.77. The largest absolute Gasteiger partial charge is 0.502 e. The number of hydrogen-bond acceptors (Lipinski definition) is 6. The average Bonchev–Trinajstić information content (AvgIpc) is 2.82. The van der Waals surface area contributed by atoms with Crippen LogP contribution < -0.4 is 15.1 Å². The quantitative estimate of drug-likeness (QED) is 0.768. The molecule has 138 valence electrons. The summed E-state index contributed by atoms with van der Waals surface area (Å²) in [4.78, 5) is 11.0. The van der Waals surface area contributed by atoms with Gasteiger partial charge in [0.15, 0.2) is 0 Å². The number of hydrogen-bond donors (Lipinski definition) is 0. The van der Waals surface area contributed by atoms with E-state index in [0.29, 0.717) is 23.8 Å². The van der Waals surface area contributed by atoms with E-state index in [1.54, 1.807) is 13.3 Å². The van der Waals surface area contributed by atoms with Crippen LogP contribution in [0, 0.1) is 0 Å². The van der Waals surface area contributed by atoms with Gasteiger partial charge in [0.05, 0.1) is 23.8 Å². The molecular weight excluding hydrogens is 329 g/mol. The van der Waals surface area contributed by atoms with E-state index in [9.17, 15) is 0 Å². The fourth-order valence-electron chi connectivity index (χ4n) is 2.77. The normalized spacial score (nSPS) is 18.0. The molecule has 1 fully saturated rings. The molecule has 1 aromatic heterocycles. The first-order valence-corrected chi connectivity index (χ1v) is 8.75. The standard InChI is InChI=1S/C19H26BN3O3/c1-18(2)19(3,4)26-20(25-18)15-12-21-17(22-16(15)24-6)23(5)13-14-10-8-7-9-11-14/h7-12H,13H2,1-6H3. The van der Waals surface area contributed by atoms with Crippen molar-refractivity contribution in [1.29, 1.82) is 0 Å². The fourth-order valence-corrected chi connectivity index (χ4v) is 2.77. The number of rotatable bonds is 5. The highest BCUT2D eigenvalue weighted by molar-refractivity contribution is 6.63. The van der Waals surface area contributed by atoms with Crippen molar-refractivity contribution in [2.24, 2.45) is 0 Å². The van der Waals surface area contributed by atoms with Gasteiger partial charge in [-0.05, 0) is 33.3 Å². The van der Waals surface area contributed by atoms with Crippen LogP contribution in [0.25, 0.3) is 0 Å². The molecule has 2 aromatic rings. The summed E-state index contributed by atoms with van der Waals surface area (Å²) in [5, 5.41) is 0. The van der Waals surface area contributed by atoms with Crippen LogP contribution in [0.15, 0.2) is 36.5 Å². The molecule has 0 unspecified atom stereocenters. The van der Waals surface area contributed by atoms with Crippen LogP contribution in [0.5, 0.6) is 5.88 Å². The van der Waals surface area contributed by atoms with E-state index in [-0.39, 0.29) is 0 Å². The molecule has 1 aliphatic heterocycles. The second-order valence-corrected chi connectivity index (χ2v) is 7.56. The van der Waals surface area contributed by atoms with Gasteiger partial charge in [0, 0.05) is 19.8 Å². The second-order valence-electron chi connectivity index (χ2n) is 7.56. The van der Waals surface area contributed by atoms with E-state index >= 15 is 0 Å². The lowest BCUT2D eigenvalue weighted by atomic mass is 9.81. The molecule has 0 N–H and O–H groups in total. The number of ether oxygens (including phenoxy) is 1. The highest BCUT2D eigenvalue weighted by Crippen LogP contribution is 2.37. The second kappa shape index (κ2) is 6.89. The van der Waals surface area contributed by atoms with Crippen molar-refractivity contribution in [2.45, 2.75) is 45.4 Å². The van der Waals surface area contributed by atoms with Crippen LogP contribution in [0.3, 0.4) is 0 Å². The molecule has 0 spiro atoms. The molecule has 1 saturated heterocycles. The molecule has 0 bridgehead atoms. The van der Waals surface area contributed by atoms with Crippen molar-refractivity contribution in [3.63, 3.8) is 0 Å². The van der Waals surface area contributed by atoms with Gasteiger partial charge in [-0.3, -0.25) is 0 Å². The third-order valence-electron chi connectivity index (χ3n) is 5.07. The Morgan fingerprint density at radius 2 is 1.69 bits per heavy atom. The third kappa shape index (κ3) is 3.55. The molecule has 0 atom stereocenters. The Morgan fingerprint density at radius 3 is 2.27 bits per heavy atom. The minimum atomic E-state index is -0.552. The lowest BCUT2D eigenvalue weighted by molar-refractivity contribution is 0.00578. The Morgan fingerprint density at radius 1 is 1.08 bits per heavy atom. The van der Waals surface area contributed by atoms with Crippen LogP contribution in [0.1, 0.15) is 33.3 Å². The van der Waals surface area contributed by atoms with E-state index in [1.807, 2.05) is 57.8 Å².